The quantitative estimate of drug-likeness (QED) is 0.790. The molecular formula is C16H19BrO3. The molecule has 0 N–H and O–H groups in total. The van der Waals surface area contributed by atoms with Gasteiger partial charge in [0.25, 0.3) is 0 Å². The van der Waals surface area contributed by atoms with E-state index in [-0.39, 0.29) is 17.6 Å². The summed E-state index contributed by atoms with van der Waals surface area (Å²) in [6.45, 7) is 1.99. The van der Waals surface area contributed by atoms with Gasteiger partial charge in [0.15, 0.2) is 5.78 Å². The van der Waals surface area contributed by atoms with E-state index in [1.165, 1.54) is 0 Å². The molecule has 1 aliphatic rings. The highest BCUT2D eigenvalue weighted by Gasteiger charge is 2.48. The van der Waals surface area contributed by atoms with Gasteiger partial charge >= 0.3 is 0 Å². The zero-order chi connectivity index (χ0) is 14.8. The number of ketones is 1. The van der Waals surface area contributed by atoms with Gasteiger partial charge in [-0.2, -0.15) is 0 Å². The van der Waals surface area contributed by atoms with Crippen molar-refractivity contribution >= 4 is 21.7 Å². The van der Waals surface area contributed by atoms with Gasteiger partial charge in [0.2, 0.25) is 5.79 Å². The fraction of sp³-hybridized carbons (Fsp3) is 0.438. The summed E-state index contributed by atoms with van der Waals surface area (Å²) >= 11 is 3.42. The summed E-state index contributed by atoms with van der Waals surface area (Å²) in [4.78, 5) is 12.3. The first-order valence-electron chi connectivity index (χ1n) is 6.61. The van der Waals surface area contributed by atoms with Crippen molar-refractivity contribution in [3.63, 3.8) is 0 Å². The van der Waals surface area contributed by atoms with E-state index in [1.54, 1.807) is 20.3 Å². The van der Waals surface area contributed by atoms with Crippen molar-refractivity contribution in [3.05, 3.63) is 46.5 Å². The highest BCUT2D eigenvalue weighted by Crippen LogP contribution is 2.43. The molecular weight excluding hydrogens is 320 g/mol. The van der Waals surface area contributed by atoms with Gasteiger partial charge in [0.1, 0.15) is 0 Å². The molecule has 1 aliphatic carbocycles. The van der Waals surface area contributed by atoms with Gasteiger partial charge in [-0.3, -0.25) is 4.79 Å². The van der Waals surface area contributed by atoms with Crippen LogP contribution in [0, 0.1) is 11.8 Å². The highest BCUT2D eigenvalue weighted by atomic mass is 79.9. The topological polar surface area (TPSA) is 35.5 Å². The molecule has 0 aliphatic heterocycles. The lowest BCUT2D eigenvalue weighted by Crippen LogP contribution is -2.49. The second-order valence-corrected chi connectivity index (χ2v) is 5.91. The van der Waals surface area contributed by atoms with Gasteiger partial charge in [-0.05, 0) is 34.0 Å². The largest absolute Gasteiger partial charge is 0.349 e. The highest BCUT2D eigenvalue weighted by molar-refractivity contribution is 9.11. The van der Waals surface area contributed by atoms with Crippen LogP contribution in [0.25, 0.3) is 0 Å². The lowest BCUT2D eigenvalue weighted by atomic mass is 9.76. The molecule has 20 heavy (non-hydrogen) atoms. The van der Waals surface area contributed by atoms with Crippen LogP contribution in [-0.2, 0) is 20.7 Å². The number of hydrogen-bond acceptors (Lipinski definition) is 3. The number of methoxy groups -OCH3 is 2. The summed E-state index contributed by atoms with van der Waals surface area (Å²) in [7, 11) is 3.20. The van der Waals surface area contributed by atoms with Crippen LogP contribution in [0.5, 0.6) is 0 Å². The third-order valence-electron chi connectivity index (χ3n) is 4.08. The van der Waals surface area contributed by atoms with Crippen molar-refractivity contribution < 1.29 is 14.3 Å². The Hall–Kier alpha value is -0.970. The number of allylic oxidation sites excluding steroid dienone is 1. The first-order chi connectivity index (χ1) is 9.55. The van der Waals surface area contributed by atoms with Crippen molar-refractivity contribution in [1.82, 2.24) is 0 Å². The van der Waals surface area contributed by atoms with E-state index in [9.17, 15) is 4.79 Å². The Morgan fingerprint density at radius 3 is 2.35 bits per heavy atom. The van der Waals surface area contributed by atoms with E-state index >= 15 is 0 Å². The molecule has 1 aromatic carbocycles. The van der Waals surface area contributed by atoms with Gasteiger partial charge in [0, 0.05) is 26.1 Å². The molecule has 1 aromatic rings. The lowest BCUT2D eigenvalue weighted by Gasteiger charge is -2.42. The molecule has 0 radical (unpaired) electrons. The van der Waals surface area contributed by atoms with Crippen LogP contribution in [-0.4, -0.2) is 25.8 Å². The number of halogens is 1. The Balaban J connectivity index is 2.33. The van der Waals surface area contributed by atoms with E-state index in [0.29, 0.717) is 10.9 Å². The molecule has 4 heteroatoms. The van der Waals surface area contributed by atoms with Crippen molar-refractivity contribution in [3.8, 4) is 0 Å². The number of carbonyl (C=O) groups is 1. The van der Waals surface area contributed by atoms with Crippen LogP contribution in [0.15, 0.2) is 40.9 Å². The molecule has 0 heterocycles. The van der Waals surface area contributed by atoms with Crippen LogP contribution in [0.3, 0.4) is 0 Å². The van der Waals surface area contributed by atoms with Gasteiger partial charge < -0.3 is 9.47 Å². The maximum atomic E-state index is 12.3. The zero-order valence-corrected chi connectivity index (χ0v) is 13.5. The van der Waals surface area contributed by atoms with Gasteiger partial charge in [-0.1, -0.05) is 37.3 Å². The molecule has 108 valence electrons. The smallest absolute Gasteiger partial charge is 0.204 e. The molecule has 0 saturated heterocycles. The van der Waals surface area contributed by atoms with Crippen molar-refractivity contribution in [2.24, 2.45) is 11.8 Å². The molecule has 0 saturated carbocycles. The molecule has 0 amide bonds. The predicted molar refractivity (Wildman–Crippen MR) is 81.6 cm³/mol. The van der Waals surface area contributed by atoms with Crippen LogP contribution in [0.2, 0.25) is 0 Å². The van der Waals surface area contributed by atoms with Crippen molar-refractivity contribution in [2.75, 3.05) is 14.2 Å². The average Bonchev–Trinajstić information content (AvgIpc) is 2.46. The van der Waals surface area contributed by atoms with E-state index in [0.717, 1.165) is 5.56 Å². The van der Waals surface area contributed by atoms with Crippen LogP contribution < -0.4 is 0 Å². The number of ether oxygens (including phenoxy) is 2. The Bertz CT molecular complexity index is 506. The minimum absolute atomic E-state index is 0.0791. The summed E-state index contributed by atoms with van der Waals surface area (Å²) in [6, 6.07) is 10.0. The summed E-state index contributed by atoms with van der Waals surface area (Å²) in [6.07, 6.45) is 2.27. The average molecular weight is 339 g/mol. The Morgan fingerprint density at radius 2 is 1.80 bits per heavy atom. The van der Waals surface area contributed by atoms with Crippen molar-refractivity contribution in [1.29, 1.82) is 0 Å². The predicted octanol–water partition coefficient (Wildman–Crippen LogP) is 3.33. The van der Waals surface area contributed by atoms with Gasteiger partial charge in [0.05, 0.1) is 4.48 Å². The normalized spacial score (nSPS) is 25.4. The fourth-order valence-electron chi connectivity index (χ4n) is 2.86. The molecule has 3 nitrogen and oxygen atoms in total. The molecule has 2 rings (SSSR count). The number of hydrogen-bond donors (Lipinski definition) is 0. The lowest BCUT2D eigenvalue weighted by molar-refractivity contribution is -0.216. The van der Waals surface area contributed by atoms with Crippen LogP contribution >= 0.6 is 15.9 Å². The zero-order valence-electron chi connectivity index (χ0n) is 11.9. The SMILES string of the molecule is COC1(OC)C(Br)=CC(=O)C(Cc2ccccc2)C1C. The van der Waals surface area contributed by atoms with E-state index < -0.39 is 5.79 Å². The minimum atomic E-state index is -0.882. The third kappa shape index (κ3) is 2.60. The van der Waals surface area contributed by atoms with E-state index in [4.69, 9.17) is 9.47 Å². The summed E-state index contributed by atoms with van der Waals surface area (Å²) in [5, 5.41) is 0. The molecule has 0 spiro atoms. The van der Waals surface area contributed by atoms with E-state index in [2.05, 4.69) is 15.9 Å². The van der Waals surface area contributed by atoms with Crippen molar-refractivity contribution in [2.45, 2.75) is 19.1 Å². The standard InChI is InChI=1S/C16H19BrO3/c1-11-13(9-12-7-5-4-6-8-12)14(18)10-15(17)16(11,19-2)20-3/h4-8,10-11,13H,9H2,1-3H3. The van der Waals surface area contributed by atoms with Crippen LogP contribution in [0.4, 0.5) is 0 Å². The Morgan fingerprint density at radius 1 is 1.20 bits per heavy atom. The van der Waals surface area contributed by atoms with Gasteiger partial charge in [-0.25, -0.2) is 0 Å². The molecule has 0 fully saturated rings. The summed E-state index contributed by atoms with van der Waals surface area (Å²) in [5.74, 6) is -1.01. The molecule has 2 unspecified atom stereocenters. The second kappa shape index (κ2) is 6.20. The van der Waals surface area contributed by atoms with Crippen LogP contribution in [0.1, 0.15) is 12.5 Å². The second-order valence-electron chi connectivity index (χ2n) is 5.06. The third-order valence-corrected chi connectivity index (χ3v) is 4.86. The molecule has 2 atom stereocenters. The number of carbonyl (C=O) groups excluding carboxylic acids is 1. The van der Waals surface area contributed by atoms with Gasteiger partial charge in [-0.15, -0.1) is 0 Å². The summed E-state index contributed by atoms with van der Waals surface area (Å²) < 4.78 is 11.8. The fourth-order valence-corrected chi connectivity index (χ4v) is 3.77. The number of rotatable bonds is 4. The van der Waals surface area contributed by atoms with E-state index in [1.807, 2.05) is 37.3 Å². The Kier molecular flexibility index (Phi) is 4.78. The monoisotopic (exact) mass is 338 g/mol. The maximum Gasteiger partial charge on any atom is 0.204 e. The number of benzene rings is 1. The molecule has 0 bridgehead atoms. The summed E-state index contributed by atoms with van der Waals surface area (Å²) in [5.41, 5.74) is 1.14. The first kappa shape index (κ1) is 15.4. The maximum absolute atomic E-state index is 12.3. The Labute approximate surface area is 128 Å². The molecule has 0 aromatic heterocycles. The minimum Gasteiger partial charge on any atom is -0.349 e. The first-order valence-corrected chi connectivity index (χ1v) is 7.40.